The van der Waals surface area contributed by atoms with Crippen LogP contribution in [0.3, 0.4) is 0 Å². The molecule has 2 aliphatic rings. The van der Waals surface area contributed by atoms with Gasteiger partial charge in [0.25, 0.3) is 0 Å². The molecule has 27 heavy (non-hydrogen) atoms. The summed E-state index contributed by atoms with van der Waals surface area (Å²) in [6.07, 6.45) is 14.5. The normalized spacial score (nSPS) is 17.9. The zero-order valence-corrected chi connectivity index (χ0v) is 15.2. The van der Waals surface area contributed by atoms with Crippen molar-refractivity contribution in [2.24, 2.45) is 5.92 Å². The van der Waals surface area contributed by atoms with Crippen LogP contribution in [0, 0.1) is 5.92 Å². The number of carbonyl (C=O) groups is 1. The third-order valence-electron chi connectivity index (χ3n) is 5.03. The van der Waals surface area contributed by atoms with Crippen LogP contribution in [-0.2, 0) is 4.74 Å². The van der Waals surface area contributed by atoms with Gasteiger partial charge in [0.1, 0.15) is 5.82 Å². The van der Waals surface area contributed by atoms with Crippen LogP contribution >= 0.6 is 0 Å². The Kier molecular flexibility index (Phi) is 5.43. The minimum absolute atomic E-state index is 0.366. The van der Waals surface area contributed by atoms with Crippen molar-refractivity contribution in [1.29, 1.82) is 0 Å². The summed E-state index contributed by atoms with van der Waals surface area (Å²) in [6.45, 7) is 2.33. The first-order valence-corrected chi connectivity index (χ1v) is 9.42. The molecule has 0 radical (unpaired) electrons. The second-order valence-electron chi connectivity index (χ2n) is 6.98. The van der Waals surface area contributed by atoms with Crippen LogP contribution < -0.4 is 10.6 Å². The Hall–Kier alpha value is -2.74. The van der Waals surface area contributed by atoms with Gasteiger partial charge in [-0.1, -0.05) is 12.2 Å². The topological polar surface area (TPSA) is 94.0 Å². The van der Waals surface area contributed by atoms with Crippen LogP contribution in [0.1, 0.15) is 42.1 Å². The number of carbonyl (C=O) groups excluding carboxylic acids is 1. The summed E-state index contributed by atoms with van der Waals surface area (Å²) in [5.41, 5.74) is 1.29. The number of nitrogens with one attached hydrogen (secondary N) is 2. The molecule has 3 heterocycles. The van der Waals surface area contributed by atoms with E-state index in [2.05, 4.69) is 37.9 Å². The van der Waals surface area contributed by atoms with Crippen molar-refractivity contribution < 1.29 is 9.53 Å². The van der Waals surface area contributed by atoms with Gasteiger partial charge in [-0.2, -0.15) is 10.1 Å². The quantitative estimate of drug-likeness (QED) is 0.573. The summed E-state index contributed by atoms with van der Waals surface area (Å²) in [5, 5.41) is 10.9. The molecule has 8 nitrogen and oxygen atoms in total. The maximum atomic E-state index is 11.3. The van der Waals surface area contributed by atoms with Gasteiger partial charge in [-0.05, 0) is 31.6 Å². The SMILES string of the molecule is O=Cc1cnc(Nc2cnn(C3CCOCC3)c2)nc1NCC1CC=CC1. The number of aldehydes is 1. The Balaban J connectivity index is 1.43. The van der Waals surface area contributed by atoms with Gasteiger partial charge in [0, 0.05) is 32.2 Å². The van der Waals surface area contributed by atoms with Gasteiger partial charge in [0.2, 0.25) is 5.95 Å². The van der Waals surface area contributed by atoms with Gasteiger partial charge in [-0.3, -0.25) is 9.48 Å². The monoisotopic (exact) mass is 368 g/mol. The fourth-order valence-corrected chi connectivity index (χ4v) is 3.44. The molecule has 0 atom stereocenters. The molecule has 0 unspecified atom stereocenters. The Morgan fingerprint density at radius 3 is 2.81 bits per heavy atom. The van der Waals surface area contributed by atoms with Gasteiger partial charge >= 0.3 is 0 Å². The van der Waals surface area contributed by atoms with E-state index in [0.29, 0.717) is 29.3 Å². The van der Waals surface area contributed by atoms with E-state index in [1.165, 1.54) is 0 Å². The highest BCUT2D eigenvalue weighted by Crippen LogP contribution is 2.23. The Morgan fingerprint density at radius 2 is 2.04 bits per heavy atom. The fraction of sp³-hybridized carbons (Fsp3) is 0.474. The molecule has 1 fully saturated rings. The lowest BCUT2D eigenvalue weighted by Gasteiger charge is -2.22. The summed E-state index contributed by atoms with van der Waals surface area (Å²) in [4.78, 5) is 20.0. The fourth-order valence-electron chi connectivity index (χ4n) is 3.44. The lowest BCUT2D eigenvalue weighted by molar-refractivity contribution is 0.0662. The zero-order chi connectivity index (χ0) is 18.5. The molecular formula is C19H24N6O2. The van der Waals surface area contributed by atoms with Gasteiger partial charge in [0.05, 0.1) is 23.5 Å². The second-order valence-corrected chi connectivity index (χ2v) is 6.98. The van der Waals surface area contributed by atoms with E-state index >= 15 is 0 Å². The van der Waals surface area contributed by atoms with Crippen molar-refractivity contribution in [2.45, 2.75) is 31.7 Å². The largest absolute Gasteiger partial charge is 0.381 e. The lowest BCUT2D eigenvalue weighted by atomic mass is 10.1. The molecule has 1 aliphatic heterocycles. The van der Waals surface area contributed by atoms with Gasteiger partial charge in [-0.25, -0.2) is 4.98 Å². The summed E-state index contributed by atoms with van der Waals surface area (Å²) in [7, 11) is 0. The molecule has 0 amide bonds. The molecule has 0 saturated carbocycles. The van der Waals surface area contributed by atoms with Crippen molar-refractivity contribution in [1.82, 2.24) is 19.7 Å². The summed E-state index contributed by atoms with van der Waals surface area (Å²) < 4.78 is 7.37. The maximum absolute atomic E-state index is 11.3. The first-order chi connectivity index (χ1) is 13.3. The van der Waals surface area contributed by atoms with Crippen LogP contribution in [0.4, 0.5) is 17.5 Å². The van der Waals surface area contributed by atoms with Gasteiger partial charge < -0.3 is 15.4 Å². The van der Waals surface area contributed by atoms with E-state index in [0.717, 1.165) is 57.4 Å². The Labute approximate surface area is 158 Å². The number of anilines is 3. The molecule has 2 N–H and O–H groups in total. The van der Waals surface area contributed by atoms with Crippen molar-refractivity contribution in [3.8, 4) is 0 Å². The molecule has 8 heteroatoms. The standard InChI is InChI=1S/C19H24N6O2/c26-13-15-10-21-19(24-18(15)20-9-14-3-1-2-4-14)23-16-11-22-25(12-16)17-5-7-27-8-6-17/h1-2,10-14,17H,3-9H2,(H2,20,21,23,24). The molecule has 0 aromatic carbocycles. The number of hydrogen-bond acceptors (Lipinski definition) is 7. The van der Waals surface area contributed by atoms with E-state index in [-0.39, 0.29) is 0 Å². The third-order valence-corrected chi connectivity index (χ3v) is 5.03. The highest BCUT2D eigenvalue weighted by molar-refractivity contribution is 5.82. The molecule has 4 rings (SSSR count). The number of nitrogens with zero attached hydrogens (tertiary/aromatic N) is 4. The van der Waals surface area contributed by atoms with Crippen LogP contribution in [0.2, 0.25) is 0 Å². The van der Waals surface area contributed by atoms with Crippen LogP contribution in [0.15, 0.2) is 30.7 Å². The van der Waals surface area contributed by atoms with Crippen molar-refractivity contribution in [3.05, 3.63) is 36.3 Å². The van der Waals surface area contributed by atoms with Crippen molar-refractivity contribution in [2.75, 3.05) is 30.4 Å². The van der Waals surface area contributed by atoms with E-state index in [9.17, 15) is 4.79 Å². The van der Waals surface area contributed by atoms with Gasteiger partial charge in [0.15, 0.2) is 6.29 Å². The van der Waals surface area contributed by atoms with Crippen molar-refractivity contribution >= 4 is 23.7 Å². The highest BCUT2D eigenvalue weighted by atomic mass is 16.5. The summed E-state index contributed by atoms with van der Waals surface area (Å²) in [5.74, 6) is 1.55. The Morgan fingerprint density at radius 1 is 1.22 bits per heavy atom. The third kappa shape index (κ3) is 4.33. The zero-order valence-electron chi connectivity index (χ0n) is 15.2. The van der Waals surface area contributed by atoms with E-state index in [1.807, 2.05) is 10.9 Å². The predicted molar refractivity (Wildman–Crippen MR) is 102 cm³/mol. The summed E-state index contributed by atoms with van der Waals surface area (Å²) in [6, 6.07) is 0.366. The first-order valence-electron chi connectivity index (χ1n) is 9.42. The maximum Gasteiger partial charge on any atom is 0.229 e. The minimum atomic E-state index is 0.366. The average molecular weight is 368 g/mol. The first kappa shape index (κ1) is 17.7. The van der Waals surface area contributed by atoms with Crippen molar-refractivity contribution in [3.63, 3.8) is 0 Å². The number of aromatic nitrogens is 4. The molecular weight excluding hydrogens is 344 g/mol. The Bertz CT molecular complexity index is 804. The molecule has 0 spiro atoms. The number of rotatable bonds is 7. The number of allylic oxidation sites excluding steroid dienone is 2. The van der Waals surface area contributed by atoms with E-state index < -0.39 is 0 Å². The predicted octanol–water partition coefficient (Wildman–Crippen LogP) is 2.96. The molecule has 0 bridgehead atoms. The number of ether oxygens (including phenoxy) is 1. The molecule has 142 valence electrons. The molecule has 1 saturated heterocycles. The average Bonchev–Trinajstić information content (AvgIpc) is 3.39. The van der Waals surface area contributed by atoms with E-state index in [1.54, 1.807) is 12.4 Å². The van der Waals surface area contributed by atoms with E-state index in [4.69, 9.17) is 4.74 Å². The molecule has 2 aromatic heterocycles. The van der Waals surface area contributed by atoms with Crippen LogP contribution in [0.25, 0.3) is 0 Å². The molecule has 2 aromatic rings. The van der Waals surface area contributed by atoms with Gasteiger partial charge in [-0.15, -0.1) is 0 Å². The van der Waals surface area contributed by atoms with Crippen LogP contribution in [0.5, 0.6) is 0 Å². The smallest absolute Gasteiger partial charge is 0.229 e. The minimum Gasteiger partial charge on any atom is -0.381 e. The summed E-state index contributed by atoms with van der Waals surface area (Å²) >= 11 is 0. The number of hydrogen-bond donors (Lipinski definition) is 2. The lowest BCUT2D eigenvalue weighted by Crippen LogP contribution is -2.19. The molecule has 1 aliphatic carbocycles. The highest BCUT2D eigenvalue weighted by Gasteiger charge is 2.17. The van der Waals surface area contributed by atoms with Crippen LogP contribution in [-0.4, -0.2) is 45.8 Å². The second kappa shape index (κ2) is 8.30.